The van der Waals surface area contributed by atoms with Gasteiger partial charge in [-0.05, 0) is 42.0 Å². The third-order valence-corrected chi connectivity index (χ3v) is 7.59. The molecule has 3 aromatic rings. The summed E-state index contributed by atoms with van der Waals surface area (Å²) in [5.41, 5.74) is 1.76. The first kappa shape index (κ1) is 29.2. The summed E-state index contributed by atoms with van der Waals surface area (Å²) < 4.78 is 5.29. The number of benzene rings is 2. The van der Waals surface area contributed by atoms with Crippen molar-refractivity contribution in [2.45, 2.75) is 25.1 Å². The zero-order valence-electron chi connectivity index (χ0n) is 20.9. The number of thioether (sulfide) groups is 1. The molecule has 1 aliphatic heterocycles. The van der Waals surface area contributed by atoms with E-state index in [0.29, 0.717) is 22.7 Å². The number of hydrogen-bond acceptors (Lipinski definition) is 7. The molecule has 13 heteroatoms. The number of carboxylic acids is 1. The minimum absolute atomic E-state index is 0.0182. The van der Waals surface area contributed by atoms with E-state index in [0.717, 1.165) is 0 Å². The van der Waals surface area contributed by atoms with Gasteiger partial charge in [0.2, 0.25) is 5.91 Å². The van der Waals surface area contributed by atoms with Crippen molar-refractivity contribution in [2.75, 3.05) is 16.9 Å². The number of anilines is 1. The van der Waals surface area contributed by atoms with Gasteiger partial charge in [-0.2, -0.15) is 0 Å². The lowest BCUT2D eigenvalue weighted by atomic mass is 10.0. The van der Waals surface area contributed by atoms with E-state index in [-0.39, 0.29) is 34.5 Å². The second-order valence-electron chi connectivity index (χ2n) is 8.71. The van der Waals surface area contributed by atoms with Crippen LogP contribution in [0.15, 0.2) is 66.9 Å². The number of nitrogens with one attached hydrogen (secondary N) is 2. The molecular weight excluding hydrogens is 579 g/mol. The van der Waals surface area contributed by atoms with E-state index in [4.69, 9.17) is 27.9 Å². The van der Waals surface area contributed by atoms with Crippen LogP contribution in [-0.4, -0.2) is 62.6 Å². The van der Waals surface area contributed by atoms with Crippen molar-refractivity contribution >= 4 is 64.5 Å². The topological polar surface area (TPSA) is 138 Å². The first-order valence-electron chi connectivity index (χ1n) is 12.0. The third kappa shape index (κ3) is 7.44. The second-order valence-corrected chi connectivity index (χ2v) is 10.5. The maximum atomic E-state index is 13.0. The molecule has 4 rings (SSSR count). The zero-order chi connectivity index (χ0) is 28.6. The molecule has 3 N–H and O–H groups in total. The van der Waals surface area contributed by atoms with Gasteiger partial charge >= 0.3 is 12.1 Å². The molecule has 1 fully saturated rings. The third-order valence-electron chi connectivity index (χ3n) is 5.95. The van der Waals surface area contributed by atoms with Crippen molar-refractivity contribution in [3.63, 3.8) is 0 Å². The molecule has 0 radical (unpaired) electrons. The highest BCUT2D eigenvalue weighted by molar-refractivity contribution is 7.99. The molecule has 3 amide bonds. The van der Waals surface area contributed by atoms with Gasteiger partial charge in [0.05, 0.1) is 27.2 Å². The fourth-order valence-electron chi connectivity index (χ4n) is 3.88. The molecular formula is C27H24Cl2N4O6S. The minimum atomic E-state index is -1.24. The number of ether oxygens (including phenoxy) is 1. The number of halogens is 2. The maximum absolute atomic E-state index is 13.0. The van der Waals surface area contributed by atoms with Gasteiger partial charge < -0.3 is 20.5 Å². The summed E-state index contributed by atoms with van der Waals surface area (Å²) in [7, 11) is 0. The van der Waals surface area contributed by atoms with Gasteiger partial charge in [0.25, 0.3) is 5.91 Å². The van der Waals surface area contributed by atoms with Gasteiger partial charge in [0, 0.05) is 24.1 Å². The summed E-state index contributed by atoms with van der Waals surface area (Å²) in [5.74, 6) is -1.76. The molecule has 1 unspecified atom stereocenters. The Kier molecular flexibility index (Phi) is 9.86. The summed E-state index contributed by atoms with van der Waals surface area (Å²) >= 11 is 13.5. The first-order chi connectivity index (χ1) is 19.2. The highest BCUT2D eigenvalue weighted by Crippen LogP contribution is 2.26. The Morgan fingerprint density at radius 1 is 1.05 bits per heavy atom. The van der Waals surface area contributed by atoms with Crippen LogP contribution in [0.3, 0.4) is 0 Å². The Morgan fingerprint density at radius 2 is 1.77 bits per heavy atom. The summed E-state index contributed by atoms with van der Waals surface area (Å²) in [4.78, 5) is 55.5. The quantitative estimate of drug-likeness (QED) is 0.326. The zero-order valence-corrected chi connectivity index (χ0v) is 23.2. The maximum Gasteiger partial charge on any atom is 0.411 e. The number of rotatable bonds is 9. The van der Waals surface area contributed by atoms with Crippen molar-refractivity contribution in [2.24, 2.45) is 0 Å². The summed E-state index contributed by atoms with van der Waals surface area (Å²) in [6.07, 6.45) is 0.881. The van der Waals surface area contributed by atoms with E-state index in [1.54, 1.807) is 66.9 Å². The summed E-state index contributed by atoms with van der Waals surface area (Å²) in [5, 5.41) is 15.4. The van der Waals surface area contributed by atoms with Gasteiger partial charge in [0.1, 0.15) is 18.7 Å². The molecule has 2 aromatic carbocycles. The molecule has 1 saturated heterocycles. The van der Waals surface area contributed by atoms with Crippen LogP contribution < -0.4 is 10.6 Å². The number of carbonyl (C=O) groups excluding carboxylic acids is 3. The molecule has 10 nitrogen and oxygen atoms in total. The van der Waals surface area contributed by atoms with Crippen LogP contribution in [0.1, 0.15) is 21.6 Å². The van der Waals surface area contributed by atoms with E-state index in [2.05, 4.69) is 15.6 Å². The largest absolute Gasteiger partial charge is 0.480 e. The number of pyridine rings is 1. The first-order valence-corrected chi connectivity index (χ1v) is 13.9. The van der Waals surface area contributed by atoms with Crippen LogP contribution in [0, 0.1) is 0 Å². The van der Waals surface area contributed by atoms with Crippen molar-refractivity contribution in [1.29, 1.82) is 0 Å². The Bertz CT molecular complexity index is 1370. The molecule has 2 heterocycles. The lowest BCUT2D eigenvalue weighted by Crippen LogP contribution is -2.52. The molecule has 1 aromatic heterocycles. The molecule has 2 atom stereocenters. The summed E-state index contributed by atoms with van der Waals surface area (Å²) in [6.45, 7) is -0.0468. The molecule has 0 spiro atoms. The van der Waals surface area contributed by atoms with E-state index in [1.165, 1.54) is 16.7 Å². The lowest BCUT2D eigenvalue weighted by molar-refractivity contribution is -0.142. The van der Waals surface area contributed by atoms with E-state index >= 15 is 0 Å². The van der Waals surface area contributed by atoms with Crippen molar-refractivity contribution in [3.8, 4) is 0 Å². The number of nitrogens with zero attached hydrogens (tertiary/aromatic N) is 2. The monoisotopic (exact) mass is 602 g/mol. The Hall–Kier alpha value is -3.80. The van der Waals surface area contributed by atoms with Gasteiger partial charge in [-0.25, -0.2) is 9.59 Å². The van der Waals surface area contributed by atoms with Crippen molar-refractivity contribution in [1.82, 2.24) is 15.2 Å². The van der Waals surface area contributed by atoms with E-state index in [9.17, 15) is 24.3 Å². The molecule has 1 aliphatic rings. The number of hydrogen-bond donors (Lipinski definition) is 3. The molecule has 0 bridgehead atoms. The molecule has 0 aliphatic carbocycles. The Balaban J connectivity index is 1.34. The summed E-state index contributed by atoms with van der Waals surface area (Å²) in [6, 6.07) is 14.3. The number of amides is 3. The van der Waals surface area contributed by atoms with E-state index in [1.807, 2.05) is 0 Å². The Morgan fingerprint density at radius 3 is 2.42 bits per heavy atom. The molecule has 208 valence electrons. The highest BCUT2D eigenvalue weighted by Gasteiger charge is 2.37. The Labute approximate surface area is 244 Å². The number of aliphatic carboxylic acids is 1. The van der Waals surface area contributed by atoms with Crippen molar-refractivity contribution < 1.29 is 29.0 Å². The standard InChI is InChI=1S/C27H24Cl2N4O6S/c28-19-5-3-6-20(29)23(19)25(35)31-17-9-7-16(8-10-17)12-21(26(36)37)32-24(34)22-14-40-15-33(22)27(38)39-13-18-4-1-2-11-30-18/h1-11,21-22H,12-15H2,(H,31,35)(H,32,34)(H,36,37)/t21?,22-/m1/s1. The lowest BCUT2D eigenvalue weighted by Gasteiger charge is -2.24. The number of aromatic nitrogens is 1. The fraction of sp³-hybridized carbons (Fsp3) is 0.222. The fourth-order valence-corrected chi connectivity index (χ4v) is 5.59. The number of carbonyl (C=O) groups is 4. The highest BCUT2D eigenvalue weighted by atomic mass is 35.5. The van der Waals surface area contributed by atoms with Crippen LogP contribution in [0.4, 0.5) is 10.5 Å². The van der Waals surface area contributed by atoms with Crippen LogP contribution in [0.5, 0.6) is 0 Å². The predicted octanol–water partition coefficient (Wildman–Crippen LogP) is 4.46. The van der Waals surface area contributed by atoms with Gasteiger partial charge in [-0.3, -0.25) is 19.5 Å². The van der Waals surface area contributed by atoms with Crippen molar-refractivity contribution in [3.05, 3.63) is 93.7 Å². The van der Waals surface area contributed by atoms with Crippen LogP contribution in [0.2, 0.25) is 10.0 Å². The average molecular weight is 603 g/mol. The SMILES string of the molecule is O=C(Nc1ccc(CC(NC(=O)[C@H]2CSCN2C(=O)OCc2ccccn2)C(=O)O)cc1)c1c(Cl)cccc1Cl. The smallest absolute Gasteiger partial charge is 0.411 e. The average Bonchev–Trinajstić information content (AvgIpc) is 3.43. The van der Waals surface area contributed by atoms with Crippen LogP contribution >= 0.6 is 35.0 Å². The van der Waals surface area contributed by atoms with Crippen LogP contribution in [0.25, 0.3) is 0 Å². The predicted molar refractivity (Wildman–Crippen MR) is 152 cm³/mol. The minimum Gasteiger partial charge on any atom is -0.480 e. The number of carboxylic acid groups (broad SMARTS) is 1. The van der Waals surface area contributed by atoms with Gasteiger partial charge in [-0.15, -0.1) is 11.8 Å². The van der Waals surface area contributed by atoms with Crippen LogP contribution in [-0.2, 0) is 27.4 Å². The van der Waals surface area contributed by atoms with Gasteiger partial charge in [-0.1, -0.05) is 47.5 Å². The normalized spacial score (nSPS) is 15.2. The second kappa shape index (κ2) is 13.5. The van der Waals surface area contributed by atoms with Gasteiger partial charge in [0.15, 0.2) is 0 Å². The van der Waals surface area contributed by atoms with E-state index < -0.39 is 36.0 Å². The molecule has 0 saturated carbocycles. The molecule has 40 heavy (non-hydrogen) atoms.